The van der Waals surface area contributed by atoms with Gasteiger partial charge in [-0.05, 0) is 44.5 Å². The lowest BCUT2D eigenvalue weighted by molar-refractivity contribution is -0.144. The van der Waals surface area contributed by atoms with Crippen molar-refractivity contribution >= 4 is 18.2 Å². The number of carboxylic acid groups (broad SMARTS) is 1. The lowest BCUT2D eigenvalue weighted by Crippen LogP contribution is -2.54. The number of benzene rings is 4. The van der Waals surface area contributed by atoms with Crippen LogP contribution in [0, 0.1) is 0 Å². The number of hydrogen-bond donors (Lipinski definition) is 1. The van der Waals surface area contributed by atoms with Crippen molar-refractivity contribution in [2.45, 2.75) is 18.1 Å². The second-order valence-electron chi connectivity index (χ2n) is 10.0. The van der Waals surface area contributed by atoms with E-state index in [1.54, 1.807) is 0 Å². The molecule has 2 aliphatic rings. The van der Waals surface area contributed by atoms with Crippen LogP contribution in [0.25, 0.3) is 22.3 Å². The maximum atomic E-state index is 13.5. The Morgan fingerprint density at radius 1 is 0.634 bits per heavy atom. The summed E-state index contributed by atoms with van der Waals surface area (Å²) in [5.41, 5.74) is 7.01. The average molecular weight is 549 g/mol. The van der Waals surface area contributed by atoms with E-state index in [2.05, 4.69) is 0 Å². The van der Waals surface area contributed by atoms with Gasteiger partial charge in [-0.3, -0.25) is 9.80 Å². The summed E-state index contributed by atoms with van der Waals surface area (Å²) in [6, 6.07) is 27.8. The van der Waals surface area contributed by atoms with Gasteiger partial charge in [-0.2, -0.15) is 0 Å². The number of carbonyl (C=O) groups is 3. The van der Waals surface area contributed by atoms with E-state index in [4.69, 9.17) is 9.47 Å². The Bertz CT molecular complexity index is 1580. The zero-order chi connectivity index (χ0) is 28.7. The molecule has 0 saturated carbocycles. The van der Waals surface area contributed by atoms with Crippen LogP contribution < -0.4 is 0 Å². The number of aliphatic carboxylic acids is 1. The lowest BCUT2D eigenvalue weighted by Gasteiger charge is -2.38. The van der Waals surface area contributed by atoms with Crippen molar-refractivity contribution in [3.8, 4) is 22.3 Å². The molecule has 2 aliphatic carbocycles. The number of rotatable bonds is 6. The van der Waals surface area contributed by atoms with Crippen LogP contribution in [-0.2, 0) is 14.3 Å². The van der Waals surface area contributed by atoms with Crippen LogP contribution >= 0.6 is 0 Å². The van der Waals surface area contributed by atoms with Gasteiger partial charge in [0.1, 0.15) is 0 Å². The fourth-order valence-electron chi connectivity index (χ4n) is 6.29. The summed E-state index contributed by atoms with van der Waals surface area (Å²) < 4.78 is 10.4. The van der Waals surface area contributed by atoms with Crippen molar-refractivity contribution in [2.75, 3.05) is 20.8 Å². The van der Waals surface area contributed by atoms with Crippen molar-refractivity contribution in [3.63, 3.8) is 0 Å². The van der Waals surface area contributed by atoms with E-state index in [1.807, 2.05) is 97.1 Å². The Hall–Kier alpha value is -5.11. The summed E-state index contributed by atoms with van der Waals surface area (Å²) in [5.74, 6) is -1.27. The number of hydrogen-bond acceptors (Lipinski definition) is 5. The zero-order valence-corrected chi connectivity index (χ0v) is 22.6. The first kappa shape index (κ1) is 26.1. The molecule has 41 heavy (non-hydrogen) atoms. The van der Waals surface area contributed by atoms with Gasteiger partial charge in [0, 0.05) is 0 Å². The number of fused-ring (bicyclic) bond motifs is 6. The molecule has 4 aromatic rings. The molecule has 0 aliphatic heterocycles. The van der Waals surface area contributed by atoms with E-state index in [0.717, 1.165) is 44.5 Å². The third-order valence-electron chi connectivity index (χ3n) is 7.98. The van der Waals surface area contributed by atoms with Gasteiger partial charge in [0.25, 0.3) is 0 Å². The highest BCUT2D eigenvalue weighted by atomic mass is 16.5. The molecule has 0 saturated heterocycles. The van der Waals surface area contributed by atoms with E-state index in [-0.39, 0.29) is 6.54 Å². The van der Waals surface area contributed by atoms with Crippen LogP contribution in [0.4, 0.5) is 9.59 Å². The maximum Gasteiger partial charge on any atom is 0.411 e. The average Bonchev–Trinajstić information content (AvgIpc) is 3.52. The molecule has 0 radical (unpaired) electrons. The van der Waals surface area contributed by atoms with Gasteiger partial charge >= 0.3 is 18.2 Å². The fraction of sp³-hybridized carbons (Fsp3) is 0.182. The first-order chi connectivity index (χ1) is 20.0. The molecule has 2 amide bonds. The topological polar surface area (TPSA) is 96.4 Å². The highest BCUT2D eigenvalue weighted by Crippen LogP contribution is 2.49. The normalized spacial score (nSPS) is 13.8. The third-order valence-corrected chi connectivity index (χ3v) is 7.98. The predicted octanol–water partition coefficient (Wildman–Crippen LogP) is 6.12. The molecule has 0 spiro atoms. The maximum absolute atomic E-state index is 13.5. The van der Waals surface area contributed by atoms with E-state index < -0.39 is 36.3 Å². The van der Waals surface area contributed by atoms with Crippen molar-refractivity contribution in [1.82, 2.24) is 9.80 Å². The Labute approximate surface area is 237 Å². The van der Waals surface area contributed by atoms with Gasteiger partial charge in [0.05, 0.1) is 32.8 Å². The van der Waals surface area contributed by atoms with E-state index in [1.165, 1.54) is 24.0 Å². The minimum atomic E-state index is -1.47. The SMILES string of the molecule is COC(=O)N(C[C@@H](C(=O)O)N(C(=O)OC)C1c2ccccc2-c2ccccc21)C1c2ccccc2-c2ccccc21. The van der Waals surface area contributed by atoms with Gasteiger partial charge < -0.3 is 14.6 Å². The molecular weight excluding hydrogens is 520 g/mol. The van der Waals surface area contributed by atoms with Gasteiger partial charge in [-0.1, -0.05) is 97.1 Å². The molecule has 0 bridgehead atoms. The molecule has 6 rings (SSSR count). The van der Waals surface area contributed by atoms with Crippen LogP contribution in [0.3, 0.4) is 0 Å². The Morgan fingerprint density at radius 2 is 1.00 bits per heavy atom. The molecule has 1 N–H and O–H groups in total. The van der Waals surface area contributed by atoms with Crippen LogP contribution in [0.1, 0.15) is 34.3 Å². The third kappa shape index (κ3) is 4.19. The summed E-state index contributed by atoms with van der Waals surface area (Å²) in [6.07, 6.45) is -1.52. The summed E-state index contributed by atoms with van der Waals surface area (Å²) in [4.78, 5) is 42.6. The molecule has 8 heteroatoms. The molecule has 1 atom stereocenters. The first-order valence-corrected chi connectivity index (χ1v) is 13.3. The standard InChI is InChI=1S/C33H28N2O6/c1-40-32(38)34(29-24-15-7-3-11-20(24)21-12-4-8-16-25(21)29)19-28(31(36)37)35(33(39)41-2)30-26-17-9-5-13-22(26)23-14-6-10-18-27(23)30/h3-18,28-30H,19H2,1-2H3,(H,36,37)/t28-/m0/s1. The fourth-order valence-corrected chi connectivity index (χ4v) is 6.29. The predicted molar refractivity (Wildman–Crippen MR) is 152 cm³/mol. The van der Waals surface area contributed by atoms with E-state index in [9.17, 15) is 19.5 Å². The van der Waals surface area contributed by atoms with E-state index >= 15 is 0 Å². The molecular formula is C33H28N2O6. The number of carbonyl (C=O) groups excluding carboxylic acids is 2. The highest BCUT2D eigenvalue weighted by Gasteiger charge is 2.45. The summed E-state index contributed by atoms with van der Waals surface area (Å²) in [5, 5.41) is 10.7. The first-order valence-electron chi connectivity index (χ1n) is 13.3. The number of nitrogens with zero attached hydrogens (tertiary/aromatic N) is 2. The minimum absolute atomic E-state index is 0.342. The number of ether oxygens (including phenoxy) is 2. The minimum Gasteiger partial charge on any atom is -0.480 e. The van der Waals surface area contributed by atoms with Gasteiger partial charge in [-0.25, -0.2) is 14.4 Å². The Morgan fingerprint density at radius 3 is 1.37 bits per heavy atom. The van der Waals surface area contributed by atoms with Gasteiger partial charge in [0.2, 0.25) is 0 Å². The molecule has 0 aromatic heterocycles. The summed E-state index contributed by atoms with van der Waals surface area (Å²) in [6.45, 7) is -0.342. The molecule has 0 fully saturated rings. The smallest absolute Gasteiger partial charge is 0.411 e. The van der Waals surface area contributed by atoms with Crippen LogP contribution in [0.15, 0.2) is 97.1 Å². The molecule has 0 unspecified atom stereocenters. The second-order valence-corrected chi connectivity index (χ2v) is 10.0. The van der Waals surface area contributed by atoms with Crippen LogP contribution in [0.2, 0.25) is 0 Å². The molecule has 0 heterocycles. The summed E-state index contributed by atoms with van der Waals surface area (Å²) in [7, 11) is 2.49. The van der Waals surface area contributed by atoms with Crippen LogP contribution in [-0.4, -0.2) is 59.9 Å². The van der Waals surface area contributed by atoms with Gasteiger partial charge in [0.15, 0.2) is 6.04 Å². The Kier molecular flexibility index (Phi) is 6.67. The second kappa shape index (κ2) is 10.5. The van der Waals surface area contributed by atoms with Gasteiger partial charge in [-0.15, -0.1) is 0 Å². The number of amides is 2. The highest BCUT2D eigenvalue weighted by molar-refractivity contribution is 5.86. The number of methoxy groups -OCH3 is 2. The zero-order valence-electron chi connectivity index (χ0n) is 22.6. The van der Waals surface area contributed by atoms with Crippen molar-refractivity contribution in [1.29, 1.82) is 0 Å². The Balaban J connectivity index is 1.48. The molecule has 8 nitrogen and oxygen atoms in total. The van der Waals surface area contributed by atoms with Crippen LogP contribution in [0.5, 0.6) is 0 Å². The molecule has 4 aromatic carbocycles. The largest absolute Gasteiger partial charge is 0.480 e. The van der Waals surface area contributed by atoms with Crippen molar-refractivity contribution in [3.05, 3.63) is 119 Å². The summed E-state index contributed by atoms with van der Waals surface area (Å²) >= 11 is 0. The number of carboxylic acids is 1. The van der Waals surface area contributed by atoms with Crippen molar-refractivity contribution < 1.29 is 29.0 Å². The lowest BCUT2D eigenvalue weighted by atomic mass is 10.00. The quantitative estimate of drug-likeness (QED) is 0.312. The van der Waals surface area contributed by atoms with E-state index in [0.29, 0.717) is 0 Å². The van der Waals surface area contributed by atoms with Crippen molar-refractivity contribution in [2.24, 2.45) is 0 Å². The monoisotopic (exact) mass is 548 g/mol. The molecule has 206 valence electrons.